The van der Waals surface area contributed by atoms with Crippen LogP contribution >= 0.6 is 11.6 Å². The number of aromatic nitrogens is 2. The number of hydrogen-bond donors (Lipinski definition) is 2. The molecule has 2 N–H and O–H groups in total. The lowest BCUT2D eigenvalue weighted by molar-refractivity contribution is 0.579. The first kappa shape index (κ1) is 15.7. The predicted octanol–water partition coefficient (Wildman–Crippen LogP) is 1.46. The van der Waals surface area contributed by atoms with E-state index in [1.807, 2.05) is 13.0 Å². The maximum absolute atomic E-state index is 12.1. The fourth-order valence-corrected chi connectivity index (χ4v) is 3.01. The third kappa shape index (κ3) is 3.69. The van der Waals surface area contributed by atoms with Gasteiger partial charge >= 0.3 is 0 Å². The van der Waals surface area contributed by atoms with Crippen LogP contribution in [-0.4, -0.2) is 18.4 Å². The minimum absolute atomic E-state index is 0.0725. The van der Waals surface area contributed by atoms with Crippen LogP contribution in [0.4, 0.5) is 0 Å². The van der Waals surface area contributed by atoms with Gasteiger partial charge in [0.1, 0.15) is 5.02 Å². The first-order chi connectivity index (χ1) is 9.94. The lowest BCUT2D eigenvalue weighted by Crippen LogP contribution is -2.25. The van der Waals surface area contributed by atoms with Gasteiger partial charge in [-0.25, -0.2) is 13.1 Å². The molecule has 0 amide bonds. The van der Waals surface area contributed by atoms with Crippen LogP contribution in [-0.2, 0) is 23.0 Å². The van der Waals surface area contributed by atoms with Crippen molar-refractivity contribution in [3.8, 4) is 0 Å². The summed E-state index contributed by atoms with van der Waals surface area (Å²) in [5.41, 5.74) is 1.10. The van der Waals surface area contributed by atoms with E-state index < -0.39 is 15.6 Å². The number of H-pyrrole nitrogens is 1. The highest BCUT2D eigenvalue weighted by molar-refractivity contribution is 7.89. The molecule has 0 saturated carbocycles. The average molecular weight is 328 g/mol. The lowest BCUT2D eigenvalue weighted by Gasteiger charge is -2.09. The molecule has 0 fully saturated rings. The first-order valence-electron chi connectivity index (χ1n) is 6.24. The summed E-state index contributed by atoms with van der Waals surface area (Å²) in [7, 11) is -3.77. The van der Waals surface area contributed by atoms with Crippen molar-refractivity contribution in [1.29, 1.82) is 0 Å². The fourth-order valence-electron chi connectivity index (χ4n) is 1.79. The van der Waals surface area contributed by atoms with Crippen LogP contribution in [0.1, 0.15) is 18.2 Å². The predicted molar refractivity (Wildman–Crippen MR) is 79.7 cm³/mol. The molecule has 0 saturated heterocycles. The molecule has 0 aromatic carbocycles. The zero-order valence-corrected chi connectivity index (χ0v) is 12.8. The lowest BCUT2D eigenvalue weighted by atomic mass is 10.1. The number of nitrogens with zero attached hydrogens (tertiary/aromatic N) is 1. The number of aromatic amines is 1. The highest BCUT2D eigenvalue weighted by Gasteiger charge is 2.16. The van der Waals surface area contributed by atoms with Crippen LogP contribution in [0.25, 0.3) is 0 Å². The van der Waals surface area contributed by atoms with Crippen molar-refractivity contribution in [2.75, 3.05) is 0 Å². The van der Waals surface area contributed by atoms with E-state index in [0.717, 1.165) is 24.2 Å². The molecule has 21 heavy (non-hydrogen) atoms. The molecular weight excluding hydrogens is 314 g/mol. The average Bonchev–Trinajstić information content (AvgIpc) is 2.48. The van der Waals surface area contributed by atoms with Crippen molar-refractivity contribution in [2.24, 2.45) is 0 Å². The first-order valence-corrected chi connectivity index (χ1v) is 8.11. The van der Waals surface area contributed by atoms with Crippen molar-refractivity contribution in [3.63, 3.8) is 0 Å². The third-order valence-electron chi connectivity index (χ3n) is 2.94. The van der Waals surface area contributed by atoms with Gasteiger partial charge < -0.3 is 4.98 Å². The largest absolute Gasteiger partial charge is 0.326 e. The fraction of sp³-hybridized carbons (Fsp3) is 0.231. The highest BCUT2D eigenvalue weighted by Crippen LogP contribution is 2.12. The van der Waals surface area contributed by atoms with E-state index in [4.69, 9.17) is 11.6 Å². The monoisotopic (exact) mass is 327 g/mol. The van der Waals surface area contributed by atoms with Crippen LogP contribution in [0.15, 0.2) is 40.3 Å². The molecule has 112 valence electrons. The van der Waals surface area contributed by atoms with Gasteiger partial charge in [0.15, 0.2) is 0 Å². The van der Waals surface area contributed by atoms with Gasteiger partial charge in [-0.1, -0.05) is 24.6 Å². The molecule has 2 aromatic heterocycles. The van der Waals surface area contributed by atoms with Gasteiger partial charge in [-0.2, -0.15) is 0 Å². The smallest absolute Gasteiger partial charge is 0.266 e. The Hall–Kier alpha value is -1.70. The number of aryl methyl sites for hydroxylation is 1. The second-order valence-electron chi connectivity index (χ2n) is 4.30. The molecule has 6 nitrogen and oxygen atoms in total. The molecule has 2 rings (SSSR count). The normalized spacial score (nSPS) is 11.5. The van der Waals surface area contributed by atoms with Crippen molar-refractivity contribution in [3.05, 3.63) is 57.2 Å². The van der Waals surface area contributed by atoms with E-state index in [0.29, 0.717) is 5.69 Å². The van der Waals surface area contributed by atoms with Crippen LogP contribution in [0, 0.1) is 0 Å². The SMILES string of the molecule is CCc1cccnc1CNS(=O)(=O)c1c[nH]c(=O)c(Cl)c1. The zero-order chi connectivity index (χ0) is 15.5. The molecule has 0 spiro atoms. The molecule has 0 aliphatic heterocycles. The molecule has 0 unspecified atom stereocenters. The number of hydrogen-bond acceptors (Lipinski definition) is 4. The number of pyridine rings is 2. The van der Waals surface area contributed by atoms with Gasteiger partial charge in [0, 0.05) is 12.4 Å². The highest BCUT2D eigenvalue weighted by atomic mass is 35.5. The van der Waals surface area contributed by atoms with Crippen molar-refractivity contribution >= 4 is 21.6 Å². The summed E-state index contributed by atoms with van der Waals surface area (Å²) >= 11 is 5.64. The Kier molecular flexibility index (Phi) is 4.76. The molecule has 0 bridgehead atoms. The van der Waals surface area contributed by atoms with Crippen molar-refractivity contribution in [1.82, 2.24) is 14.7 Å². The van der Waals surface area contributed by atoms with E-state index >= 15 is 0 Å². The Bertz CT molecular complexity index is 802. The summed E-state index contributed by atoms with van der Waals surface area (Å²) in [4.78, 5) is 17.5. The maximum atomic E-state index is 12.1. The molecule has 0 radical (unpaired) electrons. The Morgan fingerprint density at radius 2 is 2.19 bits per heavy atom. The molecule has 2 heterocycles. The van der Waals surface area contributed by atoms with Gasteiger partial charge in [-0.3, -0.25) is 9.78 Å². The zero-order valence-electron chi connectivity index (χ0n) is 11.3. The van der Waals surface area contributed by atoms with E-state index in [1.54, 1.807) is 12.3 Å². The number of rotatable bonds is 5. The summed E-state index contributed by atoms with van der Waals surface area (Å²) < 4.78 is 26.7. The van der Waals surface area contributed by atoms with Crippen LogP contribution in [0.5, 0.6) is 0 Å². The summed E-state index contributed by atoms with van der Waals surface area (Å²) in [6, 6.07) is 4.81. The van der Waals surface area contributed by atoms with E-state index in [-0.39, 0.29) is 16.5 Å². The van der Waals surface area contributed by atoms with Gasteiger partial charge in [0.05, 0.1) is 17.1 Å². The summed E-state index contributed by atoms with van der Waals surface area (Å²) in [6.07, 6.45) is 3.48. The van der Waals surface area contributed by atoms with Gasteiger partial charge in [-0.05, 0) is 24.1 Å². The topological polar surface area (TPSA) is 91.9 Å². The number of halogens is 1. The van der Waals surface area contributed by atoms with E-state index in [1.165, 1.54) is 0 Å². The van der Waals surface area contributed by atoms with Crippen LogP contribution in [0.2, 0.25) is 5.02 Å². The number of sulfonamides is 1. The second-order valence-corrected chi connectivity index (χ2v) is 6.47. The maximum Gasteiger partial charge on any atom is 0.266 e. The minimum Gasteiger partial charge on any atom is -0.326 e. The summed E-state index contributed by atoms with van der Waals surface area (Å²) in [6.45, 7) is 2.04. The van der Waals surface area contributed by atoms with Crippen LogP contribution in [0.3, 0.4) is 0 Å². The molecular formula is C13H14ClN3O3S. The van der Waals surface area contributed by atoms with E-state index in [9.17, 15) is 13.2 Å². The molecule has 8 heteroatoms. The molecule has 0 aliphatic rings. The Labute approximate surface area is 127 Å². The van der Waals surface area contributed by atoms with Crippen molar-refractivity contribution in [2.45, 2.75) is 24.8 Å². The van der Waals surface area contributed by atoms with Gasteiger partial charge in [0.2, 0.25) is 10.0 Å². The molecule has 0 atom stereocenters. The van der Waals surface area contributed by atoms with Gasteiger partial charge in [0.25, 0.3) is 5.56 Å². The minimum atomic E-state index is -3.77. The molecule has 0 aliphatic carbocycles. The van der Waals surface area contributed by atoms with Gasteiger partial charge in [-0.15, -0.1) is 0 Å². The number of nitrogens with one attached hydrogen (secondary N) is 2. The summed E-state index contributed by atoms with van der Waals surface area (Å²) in [5.74, 6) is 0. The van der Waals surface area contributed by atoms with Crippen molar-refractivity contribution < 1.29 is 8.42 Å². The Balaban J connectivity index is 2.21. The Morgan fingerprint density at radius 1 is 1.43 bits per heavy atom. The Morgan fingerprint density at radius 3 is 2.86 bits per heavy atom. The standard InChI is InChI=1S/C13H14ClN3O3S/c1-2-9-4-3-5-15-12(9)8-17-21(19,20)10-6-11(14)13(18)16-7-10/h3-7,17H,2,8H2,1H3,(H,16,18). The van der Waals surface area contributed by atoms with Crippen LogP contribution < -0.4 is 10.3 Å². The third-order valence-corrected chi connectivity index (χ3v) is 4.60. The summed E-state index contributed by atoms with van der Waals surface area (Å²) in [5, 5.41) is -0.176. The quantitative estimate of drug-likeness (QED) is 0.869. The second kappa shape index (κ2) is 6.38. The molecule has 2 aromatic rings. The van der Waals surface area contributed by atoms with E-state index in [2.05, 4.69) is 14.7 Å².